The van der Waals surface area contributed by atoms with E-state index in [1.54, 1.807) is 13.8 Å². The first-order chi connectivity index (χ1) is 10.6. The molecule has 1 atom stereocenters. The molecule has 23 heavy (non-hydrogen) atoms. The molecule has 0 aliphatic heterocycles. The van der Waals surface area contributed by atoms with Gasteiger partial charge in [-0.05, 0) is 43.5 Å². The molecular formula is C16H23NO5S. The van der Waals surface area contributed by atoms with Crippen molar-refractivity contribution in [1.82, 2.24) is 5.32 Å². The van der Waals surface area contributed by atoms with Gasteiger partial charge in [0.1, 0.15) is 6.04 Å². The van der Waals surface area contributed by atoms with Crippen molar-refractivity contribution < 1.29 is 23.1 Å². The van der Waals surface area contributed by atoms with E-state index in [0.29, 0.717) is 24.0 Å². The SMILES string of the molecule is CCCCC(NC(=O)c1cc(S(C)(=O)=O)cc(C)c1C)C(=O)O. The lowest BCUT2D eigenvalue weighted by atomic mass is 10.0. The molecule has 0 saturated carbocycles. The van der Waals surface area contributed by atoms with Gasteiger partial charge in [0, 0.05) is 11.8 Å². The van der Waals surface area contributed by atoms with Crippen molar-refractivity contribution in [3.8, 4) is 0 Å². The molecule has 1 amide bonds. The van der Waals surface area contributed by atoms with Crippen LogP contribution in [0.15, 0.2) is 17.0 Å². The topological polar surface area (TPSA) is 101 Å². The number of benzene rings is 1. The second-order valence-electron chi connectivity index (χ2n) is 5.69. The highest BCUT2D eigenvalue weighted by molar-refractivity contribution is 7.90. The fourth-order valence-corrected chi connectivity index (χ4v) is 2.90. The number of aliphatic carboxylic acids is 1. The van der Waals surface area contributed by atoms with Gasteiger partial charge in [-0.25, -0.2) is 13.2 Å². The van der Waals surface area contributed by atoms with Crippen molar-refractivity contribution in [2.75, 3.05) is 6.26 Å². The molecule has 0 aliphatic rings. The van der Waals surface area contributed by atoms with Gasteiger partial charge < -0.3 is 10.4 Å². The molecule has 7 heteroatoms. The summed E-state index contributed by atoms with van der Waals surface area (Å²) < 4.78 is 23.4. The predicted octanol–water partition coefficient (Wildman–Crippen LogP) is 2.08. The highest BCUT2D eigenvalue weighted by Gasteiger charge is 2.22. The Morgan fingerprint density at radius 2 is 1.87 bits per heavy atom. The summed E-state index contributed by atoms with van der Waals surface area (Å²) in [4.78, 5) is 23.7. The van der Waals surface area contributed by atoms with Crippen LogP contribution in [-0.4, -0.2) is 37.7 Å². The minimum Gasteiger partial charge on any atom is -0.480 e. The van der Waals surface area contributed by atoms with Gasteiger partial charge in [-0.1, -0.05) is 19.8 Å². The van der Waals surface area contributed by atoms with Crippen molar-refractivity contribution in [1.29, 1.82) is 0 Å². The van der Waals surface area contributed by atoms with Crippen molar-refractivity contribution in [3.63, 3.8) is 0 Å². The highest BCUT2D eigenvalue weighted by atomic mass is 32.2. The van der Waals surface area contributed by atoms with E-state index in [4.69, 9.17) is 0 Å². The molecule has 0 bridgehead atoms. The third-order valence-electron chi connectivity index (χ3n) is 3.76. The molecule has 1 aromatic carbocycles. The number of hydrogen-bond donors (Lipinski definition) is 2. The van der Waals surface area contributed by atoms with E-state index < -0.39 is 27.8 Å². The Hall–Kier alpha value is -1.89. The van der Waals surface area contributed by atoms with Gasteiger partial charge in [-0.15, -0.1) is 0 Å². The van der Waals surface area contributed by atoms with E-state index in [-0.39, 0.29) is 10.5 Å². The fourth-order valence-electron chi connectivity index (χ4n) is 2.18. The Morgan fingerprint density at radius 3 is 2.35 bits per heavy atom. The lowest BCUT2D eigenvalue weighted by molar-refractivity contribution is -0.139. The largest absolute Gasteiger partial charge is 0.480 e. The van der Waals surface area contributed by atoms with Gasteiger partial charge in [0.25, 0.3) is 5.91 Å². The molecule has 0 radical (unpaired) electrons. The quantitative estimate of drug-likeness (QED) is 0.791. The summed E-state index contributed by atoms with van der Waals surface area (Å²) in [6.07, 6.45) is 2.90. The number of carboxylic acid groups (broad SMARTS) is 1. The van der Waals surface area contributed by atoms with Crippen LogP contribution in [0.25, 0.3) is 0 Å². The van der Waals surface area contributed by atoms with E-state index in [1.165, 1.54) is 12.1 Å². The average molecular weight is 341 g/mol. The van der Waals surface area contributed by atoms with Gasteiger partial charge in [0.2, 0.25) is 0 Å². The second-order valence-corrected chi connectivity index (χ2v) is 7.71. The third kappa shape index (κ3) is 5.06. The van der Waals surface area contributed by atoms with E-state index in [1.807, 2.05) is 6.92 Å². The average Bonchev–Trinajstić information content (AvgIpc) is 2.44. The first kappa shape index (κ1) is 19.2. The summed E-state index contributed by atoms with van der Waals surface area (Å²) in [6, 6.07) is 1.82. The van der Waals surface area contributed by atoms with Crippen LogP contribution in [0.5, 0.6) is 0 Å². The number of carbonyl (C=O) groups excluding carboxylic acids is 1. The van der Waals surface area contributed by atoms with Crippen LogP contribution in [0.2, 0.25) is 0 Å². The summed E-state index contributed by atoms with van der Waals surface area (Å²) in [6.45, 7) is 5.36. The summed E-state index contributed by atoms with van der Waals surface area (Å²) in [5.41, 5.74) is 1.49. The maximum atomic E-state index is 12.4. The number of amides is 1. The Labute approximate surface area is 136 Å². The highest BCUT2D eigenvalue weighted by Crippen LogP contribution is 2.20. The molecule has 0 spiro atoms. The van der Waals surface area contributed by atoms with Crippen LogP contribution in [0.4, 0.5) is 0 Å². The van der Waals surface area contributed by atoms with Gasteiger partial charge in [0.05, 0.1) is 4.90 Å². The van der Waals surface area contributed by atoms with Gasteiger partial charge in [0.15, 0.2) is 9.84 Å². The molecule has 1 rings (SSSR count). The zero-order valence-electron chi connectivity index (χ0n) is 13.8. The van der Waals surface area contributed by atoms with Gasteiger partial charge in [-0.2, -0.15) is 0 Å². The van der Waals surface area contributed by atoms with E-state index in [9.17, 15) is 23.1 Å². The van der Waals surface area contributed by atoms with Crippen LogP contribution in [-0.2, 0) is 14.6 Å². The van der Waals surface area contributed by atoms with Gasteiger partial charge in [-0.3, -0.25) is 4.79 Å². The van der Waals surface area contributed by atoms with Crippen LogP contribution in [0.3, 0.4) is 0 Å². The summed E-state index contributed by atoms with van der Waals surface area (Å²) in [5, 5.41) is 11.7. The smallest absolute Gasteiger partial charge is 0.326 e. The van der Waals surface area contributed by atoms with Crippen LogP contribution < -0.4 is 5.32 Å². The first-order valence-electron chi connectivity index (χ1n) is 7.42. The lowest BCUT2D eigenvalue weighted by Crippen LogP contribution is -2.41. The summed E-state index contributed by atoms with van der Waals surface area (Å²) in [5.74, 6) is -1.67. The number of nitrogens with one attached hydrogen (secondary N) is 1. The van der Waals surface area contributed by atoms with E-state index in [0.717, 1.165) is 12.7 Å². The lowest BCUT2D eigenvalue weighted by Gasteiger charge is -2.16. The molecule has 0 aliphatic carbocycles. The molecule has 1 unspecified atom stereocenters. The number of carboxylic acids is 1. The first-order valence-corrected chi connectivity index (χ1v) is 9.32. The zero-order valence-corrected chi connectivity index (χ0v) is 14.7. The number of carbonyl (C=O) groups is 2. The summed E-state index contributed by atoms with van der Waals surface area (Å²) in [7, 11) is -3.45. The molecule has 0 saturated heterocycles. The molecule has 0 aromatic heterocycles. The maximum absolute atomic E-state index is 12.4. The van der Waals surface area contributed by atoms with Crippen molar-refractivity contribution in [3.05, 3.63) is 28.8 Å². The third-order valence-corrected chi connectivity index (χ3v) is 4.86. The zero-order chi connectivity index (χ0) is 17.8. The second kappa shape index (κ2) is 7.59. The molecular weight excluding hydrogens is 318 g/mol. The van der Waals surface area contributed by atoms with Crippen molar-refractivity contribution in [2.45, 2.75) is 51.0 Å². The monoisotopic (exact) mass is 341 g/mol. The standard InChI is InChI=1S/C16H23NO5S/c1-5-6-7-14(16(19)20)17-15(18)13-9-12(23(4,21)22)8-10(2)11(13)3/h8-9,14H,5-7H2,1-4H3,(H,17,18)(H,19,20). The number of rotatable bonds is 7. The predicted molar refractivity (Wildman–Crippen MR) is 87.4 cm³/mol. The molecule has 0 heterocycles. The summed E-state index contributed by atoms with van der Waals surface area (Å²) >= 11 is 0. The van der Waals surface area contributed by atoms with E-state index in [2.05, 4.69) is 5.32 Å². The minimum atomic E-state index is -3.45. The Balaban J connectivity index is 3.16. The van der Waals surface area contributed by atoms with Crippen LogP contribution in [0.1, 0.15) is 47.7 Å². The number of sulfone groups is 1. The van der Waals surface area contributed by atoms with Crippen LogP contribution >= 0.6 is 0 Å². The molecule has 128 valence electrons. The number of hydrogen-bond acceptors (Lipinski definition) is 4. The van der Waals surface area contributed by atoms with Crippen molar-refractivity contribution in [2.24, 2.45) is 0 Å². The molecule has 0 fully saturated rings. The number of unbranched alkanes of at least 4 members (excludes halogenated alkanes) is 1. The number of aryl methyl sites for hydroxylation is 1. The molecule has 2 N–H and O–H groups in total. The Kier molecular flexibility index (Phi) is 6.32. The maximum Gasteiger partial charge on any atom is 0.326 e. The molecule has 1 aromatic rings. The van der Waals surface area contributed by atoms with Crippen LogP contribution in [0, 0.1) is 13.8 Å². The van der Waals surface area contributed by atoms with Crippen molar-refractivity contribution >= 4 is 21.7 Å². The fraction of sp³-hybridized carbons (Fsp3) is 0.500. The Bertz CT molecular complexity index is 709. The Morgan fingerprint density at radius 1 is 1.26 bits per heavy atom. The van der Waals surface area contributed by atoms with Gasteiger partial charge >= 0.3 is 5.97 Å². The van der Waals surface area contributed by atoms with E-state index >= 15 is 0 Å². The minimum absolute atomic E-state index is 0.0474. The normalized spacial score (nSPS) is 12.7. The molecule has 6 nitrogen and oxygen atoms in total.